The molecule has 0 spiro atoms. The van der Waals surface area contributed by atoms with Gasteiger partial charge in [-0.1, -0.05) is 12.1 Å². The van der Waals surface area contributed by atoms with Gasteiger partial charge in [0.05, 0.1) is 10.7 Å². The highest BCUT2D eigenvalue weighted by Gasteiger charge is 2.08. The van der Waals surface area contributed by atoms with E-state index in [1.165, 1.54) is 10.4 Å². The van der Waals surface area contributed by atoms with E-state index >= 15 is 0 Å². The van der Waals surface area contributed by atoms with Crippen LogP contribution in [-0.4, -0.2) is 35.7 Å². The van der Waals surface area contributed by atoms with Gasteiger partial charge in [0.25, 0.3) is 0 Å². The van der Waals surface area contributed by atoms with Crippen molar-refractivity contribution in [1.82, 2.24) is 20.8 Å². The Hall–Kier alpha value is -1.16. The van der Waals surface area contributed by atoms with Gasteiger partial charge in [0.1, 0.15) is 5.76 Å². The lowest BCUT2D eigenvalue weighted by Gasteiger charge is -2.11. The van der Waals surface area contributed by atoms with E-state index in [9.17, 15) is 0 Å². The third-order valence-corrected chi connectivity index (χ3v) is 4.94. The molecular weight excluding hydrogens is 449 g/mol. The summed E-state index contributed by atoms with van der Waals surface area (Å²) in [6.07, 6.45) is 4.77. The van der Waals surface area contributed by atoms with Crippen molar-refractivity contribution in [2.75, 3.05) is 19.6 Å². The Balaban J connectivity index is 0.00000312. The highest BCUT2D eigenvalue weighted by molar-refractivity contribution is 14.0. The number of guanidine groups is 1. The van der Waals surface area contributed by atoms with E-state index in [4.69, 9.17) is 4.52 Å². The van der Waals surface area contributed by atoms with Gasteiger partial charge in [-0.15, -0.1) is 35.3 Å². The van der Waals surface area contributed by atoms with E-state index in [0.717, 1.165) is 61.3 Å². The minimum Gasteiger partial charge on any atom is -0.361 e. The standard InChI is InChI=1S/C17H27N5OS.HI/c1-5-14-11-21-16(24-14)8-10-20-17(18-6-2)19-9-7-15-12(3)22-23-13(15)4;/h11H,5-10H2,1-4H3,(H2,18,19,20);1H. The summed E-state index contributed by atoms with van der Waals surface area (Å²) in [5.74, 6) is 1.74. The second-order valence-electron chi connectivity index (χ2n) is 5.56. The predicted octanol–water partition coefficient (Wildman–Crippen LogP) is 3.27. The number of nitrogens with zero attached hydrogens (tertiary/aromatic N) is 3. The molecule has 140 valence electrons. The van der Waals surface area contributed by atoms with Crippen molar-refractivity contribution in [3.8, 4) is 0 Å². The van der Waals surface area contributed by atoms with Crippen LogP contribution in [0.5, 0.6) is 0 Å². The summed E-state index contributed by atoms with van der Waals surface area (Å²) >= 11 is 1.78. The molecule has 0 fully saturated rings. The second-order valence-corrected chi connectivity index (χ2v) is 6.76. The monoisotopic (exact) mass is 477 g/mol. The first-order valence-electron chi connectivity index (χ1n) is 8.51. The number of thiazole rings is 1. The fraction of sp³-hybridized carbons (Fsp3) is 0.588. The Morgan fingerprint density at radius 2 is 2.04 bits per heavy atom. The Morgan fingerprint density at radius 1 is 1.24 bits per heavy atom. The molecule has 25 heavy (non-hydrogen) atoms. The molecule has 0 saturated carbocycles. The van der Waals surface area contributed by atoms with E-state index in [-0.39, 0.29) is 24.0 Å². The number of nitrogens with one attached hydrogen (secondary N) is 2. The number of rotatable bonds is 8. The number of halogens is 1. The number of aliphatic imine (C=N–C) groups is 1. The lowest BCUT2D eigenvalue weighted by Crippen LogP contribution is -2.38. The van der Waals surface area contributed by atoms with E-state index < -0.39 is 0 Å². The normalized spacial score (nSPS) is 11.3. The van der Waals surface area contributed by atoms with Gasteiger partial charge in [-0.2, -0.15) is 0 Å². The van der Waals surface area contributed by atoms with Crippen molar-refractivity contribution in [1.29, 1.82) is 0 Å². The summed E-state index contributed by atoms with van der Waals surface area (Å²) < 4.78 is 5.20. The molecule has 2 rings (SSSR count). The van der Waals surface area contributed by atoms with E-state index in [1.807, 2.05) is 20.0 Å². The lowest BCUT2D eigenvalue weighted by atomic mass is 10.1. The SMILES string of the molecule is CCNC(=NCCc1ncc(CC)s1)NCCc1c(C)noc1C.I. The van der Waals surface area contributed by atoms with Crippen LogP contribution in [0.25, 0.3) is 0 Å². The Labute approximate surface area is 170 Å². The zero-order valence-electron chi connectivity index (χ0n) is 15.4. The molecule has 2 aromatic rings. The molecule has 0 radical (unpaired) electrons. The highest BCUT2D eigenvalue weighted by atomic mass is 127. The first-order valence-corrected chi connectivity index (χ1v) is 9.33. The Kier molecular flexibility index (Phi) is 10.0. The van der Waals surface area contributed by atoms with Gasteiger partial charge in [-0.25, -0.2) is 4.98 Å². The van der Waals surface area contributed by atoms with Crippen molar-refractivity contribution in [2.24, 2.45) is 4.99 Å². The zero-order valence-corrected chi connectivity index (χ0v) is 18.5. The molecule has 0 atom stereocenters. The third-order valence-electron chi connectivity index (χ3n) is 3.74. The van der Waals surface area contributed by atoms with Gasteiger partial charge in [0.15, 0.2) is 5.96 Å². The maximum absolute atomic E-state index is 5.20. The summed E-state index contributed by atoms with van der Waals surface area (Å²) in [7, 11) is 0. The molecule has 0 saturated heterocycles. The lowest BCUT2D eigenvalue weighted by molar-refractivity contribution is 0.392. The molecule has 0 aromatic carbocycles. The largest absolute Gasteiger partial charge is 0.361 e. The molecule has 2 heterocycles. The summed E-state index contributed by atoms with van der Waals surface area (Å²) in [5, 5.41) is 11.8. The Morgan fingerprint density at radius 3 is 2.64 bits per heavy atom. The topological polar surface area (TPSA) is 75.3 Å². The Bertz CT molecular complexity index is 648. The van der Waals surface area contributed by atoms with Crippen molar-refractivity contribution in [3.63, 3.8) is 0 Å². The highest BCUT2D eigenvalue weighted by Crippen LogP contribution is 2.14. The first kappa shape index (κ1) is 21.9. The summed E-state index contributed by atoms with van der Waals surface area (Å²) in [5.41, 5.74) is 2.14. The van der Waals surface area contributed by atoms with Gasteiger partial charge in [-0.05, 0) is 33.6 Å². The smallest absolute Gasteiger partial charge is 0.191 e. The second kappa shape index (κ2) is 11.5. The molecule has 0 unspecified atom stereocenters. The maximum atomic E-state index is 5.20. The van der Waals surface area contributed by atoms with Crippen molar-refractivity contribution in [2.45, 2.75) is 47.0 Å². The molecule has 0 bridgehead atoms. The maximum Gasteiger partial charge on any atom is 0.191 e. The fourth-order valence-electron chi connectivity index (χ4n) is 2.40. The average Bonchev–Trinajstić information content (AvgIpc) is 3.16. The van der Waals surface area contributed by atoms with Gasteiger partial charge < -0.3 is 15.2 Å². The average molecular weight is 477 g/mol. The summed E-state index contributed by atoms with van der Waals surface area (Å²) in [6, 6.07) is 0. The molecule has 0 aliphatic heterocycles. The van der Waals surface area contributed by atoms with Crippen LogP contribution in [0.15, 0.2) is 15.7 Å². The van der Waals surface area contributed by atoms with E-state index in [1.54, 1.807) is 11.3 Å². The predicted molar refractivity (Wildman–Crippen MR) is 114 cm³/mol. The van der Waals surface area contributed by atoms with Gasteiger partial charge in [0.2, 0.25) is 0 Å². The molecule has 2 N–H and O–H groups in total. The number of aromatic nitrogens is 2. The number of hydrogen-bond donors (Lipinski definition) is 2. The number of aryl methyl sites for hydroxylation is 3. The van der Waals surface area contributed by atoms with Crippen LogP contribution >= 0.6 is 35.3 Å². The van der Waals surface area contributed by atoms with Crippen LogP contribution in [0.3, 0.4) is 0 Å². The summed E-state index contributed by atoms with van der Waals surface area (Å²) in [6.45, 7) is 10.5. The van der Waals surface area contributed by atoms with Gasteiger partial charge >= 0.3 is 0 Å². The molecule has 2 aromatic heterocycles. The molecule has 8 heteroatoms. The van der Waals surface area contributed by atoms with Crippen molar-refractivity contribution >= 4 is 41.3 Å². The van der Waals surface area contributed by atoms with Crippen LogP contribution in [0, 0.1) is 13.8 Å². The fourth-order valence-corrected chi connectivity index (χ4v) is 3.25. The third kappa shape index (κ3) is 6.93. The van der Waals surface area contributed by atoms with E-state index in [0.29, 0.717) is 0 Å². The molecule has 0 aliphatic carbocycles. The van der Waals surface area contributed by atoms with Crippen LogP contribution < -0.4 is 10.6 Å². The molecule has 6 nitrogen and oxygen atoms in total. The van der Waals surface area contributed by atoms with Crippen molar-refractivity contribution in [3.05, 3.63) is 33.1 Å². The molecular formula is C17H28IN5OS. The van der Waals surface area contributed by atoms with Crippen LogP contribution in [0.4, 0.5) is 0 Å². The minimum absolute atomic E-state index is 0. The minimum atomic E-state index is 0. The zero-order chi connectivity index (χ0) is 17.4. The molecule has 0 aliphatic rings. The number of hydrogen-bond acceptors (Lipinski definition) is 5. The molecule has 0 amide bonds. The quantitative estimate of drug-likeness (QED) is 0.347. The van der Waals surface area contributed by atoms with E-state index in [2.05, 4.69) is 39.6 Å². The van der Waals surface area contributed by atoms with Crippen LogP contribution in [-0.2, 0) is 19.3 Å². The van der Waals surface area contributed by atoms with Crippen LogP contribution in [0.2, 0.25) is 0 Å². The summed E-state index contributed by atoms with van der Waals surface area (Å²) in [4.78, 5) is 10.4. The van der Waals surface area contributed by atoms with Crippen LogP contribution in [0.1, 0.15) is 40.7 Å². The first-order chi connectivity index (χ1) is 11.6. The van der Waals surface area contributed by atoms with Gasteiger partial charge in [0, 0.05) is 42.7 Å². The van der Waals surface area contributed by atoms with Crippen molar-refractivity contribution < 1.29 is 4.52 Å². The van der Waals surface area contributed by atoms with Gasteiger partial charge in [-0.3, -0.25) is 4.99 Å².